The highest BCUT2D eigenvalue weighted by molar-refractivity contribution is 6.75. The molecule has 0 N–H and O–H groups in total. The van der Waals surface area contributed by atoms with Crippen molar-refractivity contribution in [3.05, 3.63) is 0 Å². The van der Waals surface area contributed by atoms with Crippen LogP contribution >= 0.6 is 34.8 Å². The van der Waals surface area contributed by atoms with Gasteiger partial charge in [-0.2, -0.15) is 5.26 Å². The third kappa shape index (κ3) is 3.78. The predicted molar refractivity (Wildman–Crippen MR) is 36.9 cm³/mol. The molecule has 10 heavy (non-hydrogen) atoms. The van der Waals surface area contributed by atoms with Crippen molar-refractivity contribution in [2.24, 2.45) is 0 Å². The van der Waals surface area contributed by atoms with E-state index in [4.69, 9.17) is 40.1 Å². The van der Waals surface area contributed by atoms with Gasteiger partial charge in [-0.05, 0) is 0 Å². The lowest BCUT2D eigenvalue weighted by atomic mass is 10.7. The zero-order valence-corrected chi connectivity index (χ0v) is 6.87. The molecule has 56 valence electrons. The summed E-state index contributed by atoms with van der Waals surface area (Å²) < 4.78 is 2.07. The maximum absolute atomic E-state index is 10.5. The van der Waals surface area contributed by atoms with Crippen molar-refractivity contribution in [3.8, 4) is 6.07 Å². The fourth-order valence-corrected chi connectivity index (χ4v) is 0.343. The molecule has 0 spiro atoms. The molecule has 0 saturated heterocycles. The Kier molecular flexibility index (Phi) is 3.80. The van der Waals surface area contributed by atoms with Crippen LogP contribution in [0.1, 0.15) is 0 Å². The van der Waals surface area contributed by atoms with Gasteiger partial charge in [0.25, 0.3) is 3.79 Å². The van der Waals surface area contributed by atoms with E-state index in [2.05, 4.69) is 4.74 Å². The fraction of sp³-hybridized carbons (Fsp3) is 0.500. The van der Waals surface area contributed by atoms with Gasteiger partial charge in [0, 0.05) is 0 Å². The van der Waals surface area contributed by atoms with Crippen molar-refractivity contribution < 1.29 is 9.53 Å². The van der Waals surface area contributed by atoms with Crippen LogP contribution in [0.25, 0.3) is 0 Å². The van der Waals surface area contributed by atoms with Crippen LogP contribution in [-0.2, 0) is 9.53 Å². The Morgan fingerprint density at radius 1 is 1.60 bits per heavy atom. The summed E-state index contributed by atoms with van der Waals surface area (Å²) in [4.78, 5) is 10.5. The van der Waals surface area contributed by atoms with Crippen molar-refractivity contribution in [1.82, 2.24) is 0 Å². The molecule has 0 fully saturated rings. The first-order valence-corrected chi connectivity index (χ1v) is 3.22. The number of carbonyl (C=O) groups excluding carboxylic acids is 1. The lowest BCUT2D eigenvalue weighted by molar-refractivity contribution is -0.141. The van der Waals surface area contributed by atoms with Crippen molar-refractivity contribution >= 4 is 40.8 Å². The van der Waals surface area contributed by atoms with E-state index in [1.807, 2.05) is 0 Å². The van der Waals surface area contributed by atoms with Crippen molar-refractivity contribution in [2.45, 2.75) is 3.79 Å². The molecule has 0 saturated carbocycles. The van der Waals surface area contributed by atoms with Crippen LogP contribution in [0, 0.1) is 11.3 Å². The van der Waals surface area contributed by atoms with E-state index in [9.17, 15) is 4.79 Å². The van der Waals surface area contributed by atoms with Crippen molar-refractivity contribution in [3.63, 3.8) is 0 Å². The number of esters is 1. The standard InChI is InChI=1S/C4H2Cl3NO2/c5-4(6,7)3(9)10-2-1-8/h2H2. The van der Waals surface area contributed by atoms with E-state index >= 15 is 0 Å². The van der Waals surface area contributed by atoms with Crippen LogP contribution in [0.4, 0.5) is 0 Å². The second-order valence-corrected chi connectivity index (χ2v) is 3.51. The van der Waals surface area contributed by atoms with Crippen molar-refractivity contribution in [1.29, 1.82) is 5.26 Å². The van der Waals surface area contributed by atoms with Crippen molar-refractivity contribution in [2.75, 3.05) is 6.61 Å². The third-order valence-electron chi connectivity index (χ3n) is 0.499. The Balaban J connectivity index is 3.78. The number of hydrogen-bond acceptors (Lipinski definition) is 3. The maximum Gasteiger partial charge on any atom is 0.359 e. The molecule has 0 aromatic rings. The molecule has 0 aliphatic rings. The monoisotopic (exact) mass is 201 g/mol. The second-order valence-electron chi connectivity index (χ2n) is 1.23. The number of alkyl halides is 3. The smallest absolute Gasteiger partial charge is 0.359 e. The van der Waals surface area contributed by atoms with Crippen LogP contribution in [0.3, 0.4) is 0 Å². The van der Waals surface area contributed by atoms with Crippen LogP contribution in [0.5, 0.6) is 0 Å². The molecule has 6 heteroatoms. The van der Waals surface area contributed by atoms with Gasteiger partial charge < -0.3 is 4.74 Å². The van der Waals surface area contributed by atoms with E-state index in [1.165, 1.54) is 0 Å². The quantitative estimate of drug-likeness (QED) is 0.477. The molecule has 0 aromatic carbocycles. The Hall–Kier alpha value is -0.170. The summed E-state index contributed by atoms with van der Waals surface area (Å²) in [6.07, 6.45) is 0. The van der Waals surface area contributed by atoms with Gasteiger partial charge in [0.2, 0.25) is 0 Å². The number of ether oxygens (including phenoxy) is 1. The molecule has 0 aliphatic carbocycles. The maximum atomic E-state index is 10.5. The number of nitrogens with zero attached hydrogens (tertiary/aromatic N) is 1. The zero-order valence-electron chi connectivity index (χ0n) is 4.60. The molecule has 0 aliphatic heterocycles. The predicted octanol–water partition coefficient (Wildman–Crippen LogP) is 1.42. The minimum atomic E-state index is -2.09. The number of hydrogen-bond donors (Lipinski definition) is 0. The Morgan fingerprint density at radius 3 is 2.40 bits per heavy atom. The Labute approximate surface area is 72.4 Å². The van der Waals surface area contributed by atoms with Gasteiger partial charge in [-0.25, -0.2) is 4.79 Å². The molecule has 0 aromatic heterocycles. The number of halogens is 3. The van der Waals surface area contributed by atoms with Crippen LogP contribution in [0.2, 0.25) is 0 Å². The topological polar surface area (TPSA) is 50.1 Å². The van der Waals surface area contributed by atoms with E-state index in [0.29, 0.717) is 0 Å². The number of nitriles is 1. The highest BCUT2D eigenvalue weighted by Gasteiger charge is 2.32. The summed E-state index contributed by atoms with van der Waals surface area (Å²) in [6, 6.07) is 1.55. The fourth-order valence-electron chi connectivity index (χ4n) is 0.180. The van der Waals surface area contributed by atoms with Gasteiger partial charge in [-0.3, -0.25) is 0 Å². The molecular weight excluding hydrogens is 200 g/mol. The molecule has 0 radical (unpaired) electrons. The minimum Gasteiger partial charge on any atom is -0.447 e. The molecule has 0 unspecified atom stereocenters. The first-order chi connectivity index (χ1) is 4.48. The number of rotatable bonds is 1. The van der Waals surface area contributed by atoms with Gasteiger partial charge in [-0.1, -0.05) is 34.8 Å². The lowest BCUT2D eigenvalue weighted by Gasteiger charge is -2.06. The average Bonchev–Trinajstić information content (AvgIpc) is 1.80. The summed E-state index contributed by atoms with van der Waals surface area (Å²) in [5.74, 6) is -1.04. The van der Waals surface area contributed by atoms with E-state index < -0.39 is 16.4 Å². The Bertz CT molecular complexity index is 168. The highest BCUT2D eigenvalue weighted by Crippen LogP contribution is 2.27. The summed E-state index contributed by atoms with van der Waals surface area (Å²) in [7, 11) is 0. The second kappa shape index (κ2) is 3.87. The summed E-state index contributed by atoms with van der Waals surface area (Å²) >= 11 is 15.2. The summed E-state index contributed by atoms with van der Waals surface area (Å²) in [6.45, 7) is -0.410. The number of carbonyl (C=O) groups is 1. The molecule has 0 heterocycles. The normalized spacial score (nSPS) is 10.2. The summed E-state index contributed by atoms with van der Waals surface area (Å²) in [5.41, 5.74) is 0. The first-order valence-electron chi connectivity index (χ1n) is 2.09. The van der Waals surface area contributed by atoms with E-state index in [-0.39, 0.29) is 0 Å². The summed E-state index contributed by atoms with van der Waals surface area (Å²) in [5, 5.41) is 7.92. The first kappa shape index (κ1) is 9.83. The molecule has 0 rings (SSSR count). The SMILES string of the molecule is N#CCOC(=O)C(Cl)(Cl)Cl. The highest BCUT2D eigenvalue weighted by atomic mass is 35.6. The van der Waals surface area contributed by atoms with Gasteiger partial charge in [-0.15, -0.1) is 0 Å². The molecule has 3 nitrogen and oxygen atoms in total. The largest absolute Gasteiger partial charge is 0.447 e. The van der Waals surface area contributed by atoms with Crippen LogP contribution in [-0.4, -0.2) is 16.4 Å². The molecule has 0 atom stereocenters. The van der Waals surface area contributed by atoms with E-state index in [0.717, 1.165) is 0 Å². The van der Waals surface area contributed by atoms with Gasteiger partial charge in [0.1, 0.15) is 6.07 Å². The molecular formula is C4H2Cl3NO2. The Morgan fingerprint density at radius 2 is 2.10 bits per heavy atom. The minimum absolute atomic E-state index is 0.410. The van der Waals surface area contributed by atoms with Gasteiger partial charge in [0.15, 0.2) is 6.61 Å². The van der Waals surface area contributed by atoms with Crippen LogP contribution < -0.4 is 0 Å². The molecule has 0 amide bonds. The van der Waals surface area contributed by atoms with Crippen LogP contribution in [0.15, 0.2) is 0 Å². The molecule has 0 bridgehead atoms. The lowest BCUT2D eigenvalue weighted by Crippen LogP contribution is -2.21. The zero-order chi connectivity index (χ0) is 8.20. The third-order valence-corrected chi connectivity index (χ3v) is 0.962. The van der Waals surface area contributed by atoms with Gasteiger partial charge >= 0.3 is 5.97 Å². The average molecular weight is 202 g/mol. The van der Waals surface area contributed by atoms with E-state index in [1.54, 1.807) is 6.07 Å². The van der Waals surface area contributed by atoms with Gasteiger partial charge in [0.05, 0.1) is 0 Å².